The number of hydrogen-bond acceptors (Lipinski definition) is 1. The van der Waals surface area contributed by atoms with E-state index in [2.05, 4.69) is 15.9 Å². The van der Waals surface area contributed by atoms with E-state index >= 15 is 0 Å². The standard InChI is InChI=1S/C14H17BrFNO2/c1-13(2,3)14(9-4-6-10(15)7-5-9)11(16)8-17(14)12(18)19/h4-7,11H,8H2,1-3H3,(H,18,19). The Morgan fingerprint density at radius 1 is 1.42 bits per heavy atom. The van der Waals surface area contributed by atoms with Gasteiger partial charge in [0.1, 0.15) is 11.7 Å². The summed E-state index contributed by atoms with van der Waals surface area (Å²) >= 11 is 3.34. The molecule has 1 N–H and O–H groups in total. The van der Waals surface area contributed by atoms with Gasteiger partial charge < -0.3 is 5.11 Å². The van der Waals surface area contributed by atoms with Crippen LogP contribution in [-0.2, 0) is 5.54 Å². The monoisotopic (exact) mass is 329 g/mol. The third kappa shape index (κ3) is 1.95. The molecule has 0 spiro atoms. The summed E-state index contributed by atoms with van der Waals surface area (Å²) in [7, 11) is 0. The molecule has 1 aromatic rings. The van der Waals surface area contributed by atoms with Gasteiger partial charge in [-0.2, -0.15) is 0 Å². The lowest BCUT2D eigenvalue weighted by molar-refractivity contribution is -0.144. The summed E-state index contributed by atoms with van der Waals surface area (Å²) in [5, 5.41) is 9.32. The summed E-state index contributed by atoms with van der Waals surface area (Å²) in [6.07, 6.45) is -2.27. The summed E-state index contributed by atoms with van der Waals surface area (Å²) in [5.41, 5.74) is -0.944. The van der Waals surface area contributed by atoms with E-state index in [1.165, 1.54) is 4.90 Å². The molecule has 5 heteroatoms. The Balaban J connectivity index is 2.59. The molecule has 2 atom stereocenters. The number of carbonyl (C=O) groups is 1. The second-order valence-corrected chi connectivity index (χ2v) is 6.80. The minimum Gasteiger partial charge on any atom is -0.465 e. The second kappa shape index (κ2) is 4.47. The van der Waals surface area contributed by atoms with E-state index in [0.717, 1.165) is 4.47 Å². The third-order valence-corrected chi connectivity index (χ3v) is 4.41. The Morgan fingerprint density at radius 2 is 1.95 bits per heavy atom. The topological polar surface area (TPSA) is 40.5 Å². The highest BCUT2D eigenvalue weighted by Gasteiger charge is 2.63. The summed E-state index contributed by atoms with van der Waals surface area (Å²) in [6.45, 7) is 5.55. The van der Waals surface area contributed by atoms with Crippen molar-refractivity contribution in [1.82, 2.24) is 4.90 Å². The number of likely N-dealkylation sites (tertiary alicyclic amines) is 1. The van der Waals surface area contributed by atoms with Crippen LogP contribution < -0.4 is 0 Å². The molecule has 1 fully saturated rings. The molecule has 0 radical (unpaired) electrons. The SMILES string of the molecule is CC(C)(C)C1(c2ccc(Br)cc2)C(F)CN1C(=O)O. The van der Waals surface area contributed by atoms with Gasteiger partial charge in [-0.1, -0.05) is 48.8 Å². The number of nitrogens with zero attached hydrogens (tertiary/aromatic N) is 1. The number of alkyl halides is 1. The summed E-state index contributed by atoms with van der Waals surface area (Å²) in [6, 6.07) is 7.20. The van der Waals surface area contributed by atoms with E-state index in [9.17, 15) is 14.3 Å². The zero-order chi connectivity index (χ0) is 14.4. The fourth-order valence-electron chi connectivity index (χ4n) is 3.07. The van der Waals surface area contributed by atoms with Crippen LogP contribution in [0.2, 0.25) is 0 Å². The van der Waals surface area contributed by atoms with E-state index in [1.54, 1.807) is 12.1 Å². The second-order valence-electron chi connectivity index (χ2n) is 5.88. The Hall–Kier alpha value is -1.10. The van der Waals surface area contributed by atoms with Gasteiger partial charge in [-0.05, 0) is 23.1 Å². The molecular weight excluding hydrogens is 313 g/mol. The molecule has 0 saturated carbocycles. The van der Waals surface area contributed by atoms with Crippen molar-refractivity contribution in [3.05, 3.63) is 34.3 Å². The van der Waals surface area contributed by atoms with Crippen molar-refractivity contribution in [2.45, 2.75) is 32.5 Å². The van der Waals surface area contributed by atoms with Crippen molar-refractivity contribution < 1.29 is 14.3 Å². The molecule has 19 heavy (non-hydrogen) atoms. The van der Waals surface area contributed by atoms with Crippen molar-refractivity contribution in [3.8, 4) is 0 Å². The Morgan fingerprint density at radius 3 is 2.32 bits per heavy atom. The van der Waals surface area contributed by atoms with Gasteiger partial charge in [0.25, 0.3) is 0 Å². The average molecular weight is 330 g/mol. The fraction of sp³-hybridized carbons (Fsp3) is 0.500. The van der Waals surface area contributed by atoms with E-state index in [4.69, 9.17) is 0 Å². The first-order valence-electron chi connectivity index (χ1n) is 6.12. The Kier molecular flexibility index (Phi) is 3.37. The zero-order valence-electron chi connectivity index (χ0n) is 11.2. The molecule has 1 aromatic carbocycles. The van der Waals surface area contributed by atoms with Crippen LogP contribution in [0, 0.1) is 5.41 Å². The lowest BCUT2D eigenvalue weighted by Gasteiger charge is -2.60. The van der Waals surface area contributed by atoms with Crippen LogP contribution in [0.4, 0.5) is 9.18 Å². The maximum Gasteiger partial charge on any atom is 0.408 e. The summed E-state index contributed by atoms with van der Waals surface area (Å²) in [5.74, 6) is 0. The quantitative estimate of drug-likeness (QED) is 0.845. The van der Waals surface area contributed by atoms with Gasteiger partial charge in [-0.3, -0.25) is 4.90 Å². The highest BCUT2D eigenvalue weighted by atomic mass is 79.9. The molecule has 104 valence electrons. The van der Waals surface area contributed by atoms with Crippen LogP contribution in [0.15, 0.2) is 28.7 Å². The lowest BCUT2D eigenvalue weighted by Crippen LogP contribution is -2.73. The van der Waals surface area contributed by atoms with E-state index in [1.807, 2.05) is 32.9 Å². The summed E-state index contributed by atoms with van der Waals surface area (Å²) in [4.78, 5) is 12.6. The Bertz CT molecular complexity index is 497. The molecule has 1 saturated heterocycles. The van der Waals surface area contributed by atoms with E-state index in [-0.39, 0.29) is 6.54 Å². The van der Waals surface area contributed by atoms with Crippen LogP contribution >= 0.6 is 15.9 Å². The molecule has 2 unspecified atom stereocenters. The minimum atomic E-state index is -1.19. The fourth-order valence-corrected chi connectivity index (χ4v) is 3.33. The Labute approximate surface area is 120 Å². The van der Waals surface area contributed by atoms with Gasteiger partial charge in [-0.15, -0.1) is 0 Å². The molecular formula is C14H17BrFNO2. The first-order chi connectivity index (χ1) is 8.71. The van der Waals surface area contributed by atoms with Crippen molar-refractivity contribution in [1.29, 1.82) is 0 Å². The molecule has 1 aliphatic heterocycles. The van der Waals surface area contributed by atoms with Crippen molar-refractivity contribution in [2.75, 3.05) is 6.54 Å². The normalized spacial score (nSPS) is 27.0. The molecule has 3 nitrogen and oxygen atoms in total. The molecule has 1 aliphatic rings. The molecule has 2 rings (SSSR count). The van der Waals surface area contributed by atoms with Crippen molar-refractivity contribution >= 4 is 22.0 Å². The molecule has 1 amide bonds. The van der Waals surface area contributed by atoms with Gasteiger partial charge >= 0.3 is 6.09 Å². The van der Waals surface area contributed by atoms with Crippen molar-refractivity contribution in [3.63, 3.8) is 0 Å². The van der Waals surface area contributed by atoms with Gasteiger partial charge in [-0.25, -0.2) is 9.18 Å². The number of halogens is 2. The minimum absolute atomic E-state index is 0.0668. The zero-order valence-corrected chi connectivity index (χ0v) is 12.7. The van der Waals surface area contributed by atoms with Gasteiger partial charge in [0.15, 0.2) is 0 Å². The lowest BCUT2D eigenvalue weighted by atomic mass is 9.61. The predicted molar refractivity (Wildman–Crippen MR) is 74.9 cm³/mol. The van der Waals surface area contributed by atoms with Crippen LogP contribution in [0.3, 0.4) is 0 Å². The van der Waals surface area contributed by atoms with Crippen LogP contribution in [0.25, 0.3) is 0 Å². The van der Waals surface area contributed by atoms with Crippen LogP contribution in [0.1, 0.15) is 26.3 Å². The molecule has 0 aliphatic carbocycles. The number of carboxylic acid groups (broad SMARTS) is 1. The highest BCUT2D eigenvalue weighted by molar-refractivity contribution is 9.10. The van der Waals surface area contributed by atoms with Gasteiger partial charge in [0, 0.05) is 4.47 Å². The van der Waals surface area contributed by atoms with E-state index in [0.29, 0.717) is 5.56 Å². The smallest absolute Gasteiger partial charge is 0.408 e. The number of rotatable bonds is 1. The number of amides is 1. The molecule has 0 bridgehead atoms. The van der Waals surface area contributed by atoms with E-state index < -0.39 is 23.2 Å². The molecule has 1 heterocycles. The first-order valence-corrected chi connectivity index (χ1v) is 6.91. The van der Waals surface area contributed by atoms with Gasteiger partial charge in [0.2, 0.25) is 0 Å². The number of benzene rings is 1. The number of hydrogen-bond donors (Lipinski definition) is 1. The first kappa shape index (κ1) is 14.3. The average Bonchev–Trinajstić information content (AvgIpc) is 2.26. The predicted octanol–water partition coefficient (Wildman–Crippen LogP) is 4.02. The maximum absolute atomic E-state index is 14.4. The van der Waals surface area contributed by atoms with Crippen LogP contribution in [-0.4, -0.2) is 28.8 Å². The largest absolute Gasteiger partial charge is 0.465 e. The maximum atomic E-state index is 14.4. The molecule has 0 aromatic heterocycles. The van der Waals surface area contributed by atoms with Gasteiger partial charge in [0.05, 0.1) is 6.54 Å². The van der Waals surface area contributed by atoms with Crippen LogP contribution in [0.5, 0.6) is 0 Å². The summed E-state index contributed by atoms with van der Waals surface area (Å²) < 4.78 is 15.3. The van der Waals surface area contributed by atoms with Crippen molar-refractivity contribution in [2.24, 2.45) is 5.41 Å². The third-order valence-electron chi connectivity index (χ3n) is 3.88. The highest BCUT2D eigenvalue weighted by Crippen LogP contribution is 2.54.